The van der Waals surface area contributed by atoms with Crippen LogP contribution in [0.15, 0.2) is 47.4 Å². The number of carbonyl (C=O) groups is 1. The number of carbonyl (C=O) groups excluding carboxylic acids is 1. The van der Waals surface area contributed by atoms with Gasteiger partial charge in [0.2, 0.25) is 5.91 Å². The summed E-state index contributed by atoms with van der Waals surface area (Å²) in [6, 6.07) is 11.3. The molecule has 2 aromatic carbocycles. The quantitative estimate of drug-likeness (QED) is 0.628. The number of methoxy groups -OCH3 is 1. The largest absolute Gasteiger partial charge is 0.497 e. The number of ether oxygens (including phenoxy) is 3. The van der Waals surface area contributed by atoms with E-state index in [0.29, 0.717) is 23.6 Å². The molecule has 0 saturated carbocycles. The molecule has 10 heteroatoms. The normalized spacial score (nSPS) is 23.8. The molecule has 0 radical (unpaired) electrons. The van der Waals surface area contributed by atoms with E-state index in [1.807, 2.05) is 0 Å². The number of nitrogens with zero attached hydrogens (tertiary/aromatic N) is 1. The van der Waals surface area contributed by atoms with Gasteiger partial charge in [-0.3, -0.25) is 9.52 Å². The fraction of sp³-hybridized carbons (Fsp3) is 0.435. The number of amides is 1. The summed E-state index contributed by atoms with van der Waals surface area (Å²) < 4.78 is 45.5. The summed E-state index contributed by atoms with van der Waals surface area (Å²) in [5.41, 5.74) is 1.23. The lowest BCUT2D eigenvalue weighted by molar-refractivity contribution is -0.147. The third-order valence-corrected chi connectivity index (χ3v) is 7.38. The molecule has 0 spiro atoms. The molecule has 2 heterocycles. The summed E-state index contributed by atoms with van der Waals surface area (Å²) in [5, 5.41) is 9.85. The highest BCUT2D eigenvalue weighted by molar-refractivity contribution is 7.92. The van der Waals surface area contributed by atoms with Crippen molar-refractivity contribution >= 4 is 21.6 Å². The Bertz CT molecular complexity index is 1140. The number of nitrogens with one attached hydrogen (secondary N) is 1. The SMILES string of the molecule is COc1cccc(S(=O)(=O)Nc2ccc3c(c2)[C@@H]2C[C@H](CC(=O)N(C)C)O[C@H](CO)[C@@H]2O3)c1. The number of hydrogen-bond donors (Lipinski definition) is 2. The second kappa shape index (κ2) is 9.20. The maximum absolute atomic E-state index is 12.9. The molecule has 4 rings (SSSR count). The maximum Gasteiger partial charge on any atom is 0.262 e. The molecule has 2 aliphatic rings. The first-order valence-electron chi connectivity index (χ1n) is 10.7. The molecule has 2 N–H and O–H groups in total. The Kier molecular flexibility index (Phi) is 6.51. The number of sulfonamides is 1. The molecule has 2 aromatic rings. The van der Waals surface area contributed by atoms with Gasteiger partial charge in [-0.1, -0.05) is 6.07 Å². The Morgan fingerprint density at radius 1 is 1.24 bits per heavy atom. The third kappa shape index (κ3) is 4.78. The molecular formula is C23H28N2O7S. The average molecular weight is 477 g/mol. The Balaban J connectivity index is 1.58. The van der Waals surface area contributed by atoms with E-state index in [9.17, 15) is 18.3 Å². The van der Waals surface area contributed by atoms with Gasteiger partial charge in [-0.25, -0.2) is 8.42 Å². The number of aliphatic hydroxyl groups is 1. The van der Waals surface area contributed by atoms with Crippen LogP contribution >= 0.6 is 0 Å². The van der Waals surface area contributed by atoms with Gasteiger partial charge in [0.25, 0.3) is 10.0 Å². The summed E-state index contributed by atoms with van der Waals surface area (Å²) >= 11 is 0. The highest BCUT2D eigenvalue weighted by Gasteiger charge is 2.46. The lowest BCUT2D eigenvalue weighted by Gasteiger charge is -2.37. The summed E-state index contributed by atoms with van der Waals surface area (Å²) in [7, 11) is 1.02. The van der Waals surface area contributed by atoms with Crippen molar-refractivity contribution in [1.29, 1.82) is 0 Å². The maximum atomic E-state index is 12.9. The number of benzene rings is 2. The summed E-state index contributed by atoms with van der Waals surface area (Å²) in [6.07, 6.45) is -0.622. The van der Waals surface area contributed by atoms with Crippen LogP contribution in [0.3, 0.4) is 0 Å². The standard InChI is InChI=1S/C23H28N2O7S/c1-25(2)22(27)12-16-11-19-18-9-14(7-8-20(18)32-23(19)21(13-26)31-16)24-33(28,29)17-6-4-5-15(10-17)30-3/h4-10,16,19,21,23-24,26H,11-13H2,1-3H3/t16-,19+,21-,23-/m1/s1. The van der Waals surface area contributed by atoms with Crippen molar-refractivity contribution < 1.29 is 32.5 Å². The molecule has 1 amide bonds. The number of aliphatic hydroxyl groups excluding tert-OH is 1. The molecule has 0 unspecified atom stereocenters. The Hall–Kier alpha value is -2.82. The minimum atomic E-state index is -3.83. The lowest BCUT2D eigenvalue weighted by Crippen LogP contribution is -2.47. The molecule has 2 aliphatic heterocycles. The summed E-state index contributed by atoms with van der Waals surface area (Å²) in [6.45, 7) is -0.239. The van der Waals surface area contributed by atoms with Crippen LogP contribution in [0.25, 0.3) is 0 Å². The van der Waals surface area contributed by atoms with Gasteiger partial charge in [-0.05, 0) is 36.8 Å². The average Bonchev–Trinajstić information content (AvgIpc) is 3.16. The van der Waals surface area contributed by atoms with Crippen LogP contribution in [0.5, 0.6) is 11.5 Å². The van der Waals surface area contributed by atoms with Gasteiger partial charge in [-0.2, -0.15) is 0 Å². The molecule has 0 bridgehead atoms. The van der Waals surface area contributed by atoms with Crippen LogP contribution in [0.1, 0.15) is 24.3 Å². The second-order valence-electron chi connectivity index (χ2n) is 8.43. The summed E-state index contributed by atoms with van der Waals surface area (Å²) in [4.78, 5) is 13.8. The van der Waals surface area contributed by atoms with Gasteiger partial charge in [0.1, 0.15) is 23.7 Å². The van der Waals surface area contributed by atoms with E-state index in [-0.39, 0.29) is 35.9 Å². The van der Waals surface area contributed by atoms with Crippen molar-refractivity contribution in [3.05, 3.63) is 48.0 Å². The number of rotatable bonds is 7. The monoisotopic (exact) mass is 476 g/mol. The predicted molar refractivity (Wildman–Crippen MR) is 121 cm³/mol. The number of anilines is 1. The highest BCUT2D eigenvalue weighted by Crippen LogP contribution is 2.47. The van der Waals surface area contributed by atoms with E-state index in [2.05, 4.69) is 4.72 Å². The fourth-order valence-electron chi connectivity index (χ4n) is 4.31. The van der Waals surface area contributed by atoms with Crippen LogP contribution in [0.4, 0.5) is 5.69 Å². The van der Waals surface area contributed by atoms with Crippen LogP contribution in [-0.4, -0.2) is 70.5 Å². The minimum absolute atomic E-state index is 0.0610. The van der Waals surface area contributed by atoms with Crippen molar-refractivity contribution in [3.8, 4) is 11.5 Å². The van der Waals surface area contributed by atoms with Crippen molar-refractivity contribution in [2.75, 3.05) is 32.5 Å². The molecular weight excluding hydrogens is 448 g/mol. The van der Waals surface area contributed by atoms with Gasteiger partial charge < -0.3 is 24.2 Å². The van der Waals surface area contributed by atoms with E-state index < -0.39 is 22.2 Å². The van der Waals surface area contributed by atoms with Crippen LogP contribution in [-0.2, 0) is 19.6 Å². The topological polar surface area (TPSA) is 114 Å². The molecule has 1 fully saturated rings. The van der Waals surface area contributed by atoms with E-state index in [4.69, 9.17) is 14.2 Å². The first kappa shape index (κ1) is 23.3. The number of hydrogen-bond acceptors (Lipinski definition) is 7. The molecule has 1 saturated heterocycles. The van der Waals surface area contributed by atoms with Crippen LogP contribution in [0.2, 0.25) is 0 Å². The molecule has 0 aliphatic carbocycles. The molecule has 33 heavy (non-hydrogen) atoms. The zero-order valence-corrected chi connectivity index (χ0v) is 19.5. The van der Waals surface area contributed by atoms with Gasteiger partial charge in [-0.15, -0.1) is 0 Å². The highest BCUT2D eigenvalue weighted by atomic mass is 32.2. The Morgan fingerprint density at radius 2 is 2.03 bits per heavy atom. The molecule has 9 nitrogen and oxygen atoms in total. The zero-order valence-electron chi connectivity index (χ0n) is 18.7. The van der Waals surface area contributed by atoms with Crippen molar-refractivity contribution in [2.24, 2.45) is 0 Å². The third-order valence-electron chi connectivity index (χ3n) is 6.00. The zero-order chi connectivity index (χ0) is 23.8. The van der Waals surface area contributed by atoms with E-state index >= 15 is 0 Å². The van der Waals surface area contributed by atoms with Gasteiger partial charge >= 0.3 is 0 Å². The fourth-order valence-corrected chi connectivity index (χ4v) is 5.40. The Labute approximate surface area is 193 Å². The van der Waals surface area contributed by atoms with Gasteiger partial charge in [0, 0.05) is 37.3 Å². The van der Waals surface area contributed by atoms with E-state index in [0.717, 1.165) is 5.56 Å². The Morgan fingerprint density at radius 3 is 2.73 bits per heavy atom. The van der Waals surface area contributed by atoms with E-state index in [1.165, 1.54) is 24.1 Å². The molecule has 178 valence electrons. The first-order valence-corrected chi connectivity index (χ1v) is 12.1. The van der Waals surface area contributed by atoms with Crippen LogP contribution in [0, 0.1) is 0 Å². The number of fused-ring (bicyclic) bond motifs is 3. The van der Waals surface area contributed by atoms with Gasteiger partial charge in [0.15, 0.2) is 0 Å². The summed E-state index contributed by atoms with van der Waals surface area (Å²) in [5.74, 6) is 0.871. The predicted octanol–water partition coefficient (Wildman–Crippen LogP) is 1.97. The molecule has 0 aromatic heterocycles. The smallest absolute Gasteiger partial charge is 0.262 e. The molecule has 4 atom stereocenters. The second-order valence-corrected chi connectivity index (χ2v) is 10.1. The van der Waals surface area contributed by atoms with Crippen molar-refractivity contribution in [1.82, 2.24) is 4.90 Å². The van der Waals surface area contributed by atoms with Crippen LogP contribution < -0.4 is 14.2 Å². The first-order chi connectivity index (χ1) is 15.7. The van der Waals surface area contributed by atoms with Gasteiger partial charge in [0.05, 0.1) is 31.1 Å². The minimum Gasteiger partial charge on any atom is -0.497 e. The lowest BCUT2D eigenvalue weighted by atomic mass is 9.84. The van der Waals surface area contributed by atoms with Crippen molar-refractivity contribution in [2.45, 2.75) is 42.0 Å². The van der Waals surface area contributed by atoms with E-state index in [1.54, 1.807) is 44.4 Å². The van der Waals surface area contributed by atoms with Crippen molar-refractivity contribution in [3.63, 3.8) is 0 Å².